The highest BCUT2D eigenvalue weighted by atomic mass is 79.9. The summed E-state index contributed by atoms with van der Waals surface area (Å²) in [7, 11) is 1.94. The maximum Gasteiger partial charge on any atom is 0.0908 e. The molecule has 3 nitrogen and oxygen atoms in total. The summed E-state index contributed by atoms with van der Waals surface area (Å²) in [5.41, 5.74) is 8.78. The summed E-state index contributed by atoms with van der Waals surface area (Å²) in [6.07, 6.45) is 0. The van der Waals surface area contributed by atoms with E-state index in [9.17, 15) is 0 Å². The van der Waals surface area contributed by atoms with Crippen LogP contribution in [-0.2, 0) is 13.6 Å². The monoisotopic (exact) mass is 325 g/mol. The average Bonchev–Trinajstić information content (AvgIpc) is 2.66. The van der Waals surface area contributed by atoms with Crippen molar-refractivity contribution in [3.63, 3.8) is 0 Å². The van der Waals surface area contributed by atoms with Crippen molar-refractivity contribution in [1.82, 2.24) is 9.78 Å². The van der Waals surface area contributed by atoms with Gasteiger partial charge in [0.15, 0.2) is 0 Å². The van der Waals surface area contributed by atoms with Crippen molar-refractivity contribution in [2.24, 2.45) is 12.8 Å². The van der Waals surface area contributed by atoms with Crippen LogP contribution in [0.5, 0.6) is 0 Å². The molecule has 0 aliphatic carbocycles. The van der Waals surface area contributed by atoms with Crippen LogP contribution in [-0.4, -0.2) is 15.5 Å². The van der Waals surface area contributed by atoms with Gasteiger partial charge in [-0.1, -0.05) is 19.1 Å². The van der Waals surface area contributed by atoms with Crippen molar-refractivity contribution in [2.45, 2.75) is 18.4 Å². The maximum absolute atomic E-state index is 5.67. The highest BCUT2D eigenvalue weighted by Gasteiger charge is 2.14. The van der Waals surface area contributed by atoms with Crippen LogP contribution < -0.4 is 5.73 Å². The van der Waals surface area contributed by atoms with Crippen molar-refractivity contribution in [3.05, 3.63) is 34.4 Å². The fraction of sp³-hybridized carbons (Fsp3) is 0.308. The second-order valence-electron chi connectivity index (χ2n) is 3.89. The lowest BCUT2D eigenvalue weighted by atomic mass is 10.1. The van der Waals surface area contributed by atoms with E-state index in [4.69, 9.17) is 5.73 Å². The molecule has 18 heavy (non-hydrogen) atoms. The lowest BCUT2D eigenvalue weighted by Gasteiger charge is -2.04. The Morgan fingerprint density at radius 2 is 2.00 bits per heavy atom. The van der Waals surface area contributed by atoms with Crippen LogP contribution in [0.25, 0.3) is 11.3 Å². The quantitative estimate of drug-likeness (QED) is 0.876. The molecule has 2 rings (SSSR count). The number of rotatable bonds is 4. The van der Waals surface area contributed by atoms with E-state index in [0.717, 1.165) is 27.2 Å². The van der Waals surface area contributed by atoms with Gasteiger partial charge in [0, 0.05) is 24.1 Å². The third kappa shape index (κ3) is 2.63. The molecule has 0 spiro atoms. The van der Waals surface area contributed by atoms with E-state index in [-0.39, 0.29) is 0 Å². The molecule has 0 bridgehead atoms. The summed E-state index contributed by atoms with van der Waals surface area (Å²) in [4.78, 5) is 1.29. The molecule has 0 atom stereocenters. The largest absolute Gasteiger partial charge is 0.325 e. The minimum Gasteiger partial charge on any atom is -0.325 e. The van der Waals surface area contributed by atoms with Gasteiger partial charge < -0.3 is 5.73 Å². The molecule has 0 aliphatic rings. The molecule has 0 saturated carbocycles. The Hall–Kier alpha value is -0.780. The second-order valence-corrected chi connectivity index (χ2v) is 6.02. The molecule has 0 unspecified atom stereocenters. The van der Waals surface area contributed by atoms with E-state index in [2.05, 4.69) is 52.2 Å². The van der Waals surface area contributed by atoms with Crippen molar-refractivity contribution in [3.8, 4) is 11.3 Å². The van der Waals surface area contributed by atoms with Gasteiger partial charge in [-0.25, -0.2) is 0 Å². The first-order valence-corrected chi connectivity index (χ1v) is 7.60. The van der Waals surface area contributed by atoms with Gasteiger partial charge >= 0.3 is 0 Å². The van der Waals surface area contributed by atoms with Crippen LogP contribution >= 0.6 is 27.7 Å². The molecule has 0 amide bonds. The number of aryl methyl sites for hydroxylation is 1. The Balaban J connectivity index is 2.39. The van der Waals surface area contributed by atoms with Gasteiger partial charge in [-0.05, 0) is 33.8 Å². The SMILES string of the molecule is CCSc1ccc(-c2c(Br)c(CN)nn2C)cc1. The molecule has 1 heterocycles. The topological polar surface area (TPSA) is 43.8 Å². The van der Waals surface area contributed by atoms with Crippen molar-refractivity contribution in [2.75, 3.05) is 5.75 Å². The predicted molar refractivity (Wildman–Crippen MR) is 80.6 cm³/mol. The van der Waals surface area contributed by atoms with E-state index in [1.165, 1.54) is 4.90 Å². The zero-order valence-electron chi connectivity index (χ0n) is 10.5. The highest BCUT2D eigenvalue weighted by molar-refractivity contribution is 9.10. The first-order chi connectivity index (χ1) is 8.67. The maximum atomic E-state index is 5.67. The number of benzene rings is 1. The summed E-state index contributed by atoms with van der Waals surface area (Å²) in [6, 6.07) is 8.54. The van der Waals surface area contributed by atoms with Gasteiger partial charge in [-0.15, -0.1) is 11.8 Å². The Morgan fingerprint density at radius 1 is 1.33 bits per heavy atom. The molecule has 0 fully saturated rings. The van der Waals surface area contributed by atoms with E-state index < -0.39 is 0 Å². The predicted octanol–water partition coefficient (Wildman–Crippen LogP) is 3.42. The summed E-state index contributed by atoms with van der Waals surface area (Å²) >= 11 is 5.42. The molecule has 2 aromatic rings. The van der Waals surface area contributed by atoms with E-state index >= 15 is 0 Å². The molecule has 0 saturated heterocycles. The van der Waals surface area contributed by atoms with E-state index in [1.54, 1.807) is 0 Å². The van der Waals surface area contributed by atoms with Crippen LogP contribution in [0.15, 0.2) is 33.6 Å². The summed E-state index contributed by atoms with van der Waals surface area (Å²) in [6.45, 7) is 2.60. The van der Waals surface area contributed by atoms with Crippen molar-refractivity contribution in [1.29, 1.82) is 0 Å². The van der Waals surface area contributed by atoms with Gasteiger partial charge in [-0.2, -0.15) is 5.10 Å². The third-order valence-corrected chi connectivity index (χ3v) is 4.42. The normalized spacial score (nSPS) is 10.9. The lowest BCUT2D eigenvalue weighted by molar-refractivity contribution is 0.749. The first-order valence-electron chi connectivity index (χ1n) is 5.82. The first kappa shape index (κ1) is 13.6. The molecule has 0 radical (unpaired) electrons. The van der Waals surface area contributed by atoms with Crippen molar-refractivity contribution >= 4 is 27.7 Å². The fourth-order valence-electron chi connectivity index (χ4n) is 1.87. The number of nitrogens with zero attached hydrogens (tertiary/aromatic N) is 2. The van der Waals surface area contributed by atoms with Crippen LogP contribution in [0.4, 0.5) is 0 Å². The standard InChI is InChI=1S/C13H16BrN3S/c1-3-18-10-6-4-9(5-7-10)13-12(14)11(8-15)16-17(13)2/h4-7H,3,8,15H2,1-2H3. The highest BCUT2D eigenvalue weighted by Crippen LogP contribution is 2.31. The van der Waals surface area contributed by atoms with Gasteiger partial charge in [0.1, 0.15) is 0 Å². The number of nitrogens with two attached hydrogens (primary N) is 1. The molecule has 1 aromatic carbocycles. The molecule has 1 aromatic heterocycles. The Morgan fingerprint density at radius 3 is 2.50 bits per heavy atom. The fourth-order valence-corrected chi connectivity index (χ4v) is 3.26. The smallest absolute Gasteiger partial charge is 0.0908 e. The Bertz CT molecular complexity index is 534. The number of halogens is 1. The average molecular weight is 326 g/mol. The number of hydrogen-bond acceptors (Lipinski definition) is 3. The second kappa shape index (κ2) is 5.91. The van der Waals surface area contributed by atoms with E-state index in [1.807, 2.05) is 23.5 Å². The van der Waals surface area contributed by atoms with Gasteiger partial charge in [0.2, 0.25) is 0 Å². The molecular weight excluding hydrogens is 310 g/mol. The van der Waals surface area contributed by atoms with Gasteiger partial charge in [0.25, 0.3) is 0 Å². The zero-order valence-corrected chi connectivity index (χ0v) is 12.9. The summed E-state index contributed by atoms with van der Waals surface area (Å²) in [5, 5.41) is 4.40. The van der Waals surface area contributed by atoms with Crippen LogP contribution in [0.1, 0.15) is 12.6 Å². The molecule has 2 N–H and O–H groups in total. The number of aromatic nitrogens is 2. The molecule has 96 valence electrons. The van der Waals surface area contributed by atoms with Gasteiger partial charge in [0.05, 0.1) is 15.9 Å². The minimum atomic E-state index is 0.443. The Labute approximate surface area is 120 Å². The Kier molecular flexibility index (Phi) is 4.48. The lowest BCUT2D eigenvalue weighted by Crippen LogP contribution is -1.99. The zero-order chi connectivity index (χ0) is 13.1. The van der Waals surface area contributed by atoms with Crippen molar-refractivity contribution < 1.29 is 0 Å². The minimum absolute atomic E-state index is 0.443. The third-order valence-electron chi connectivity index (χ3n) is 2.69. The van der Waals surface area contributed by atoms with E-state index in [0.29, 0.717) is 6.54 Å². The summed E-state index contributed by atoms with van der Waals surface area (Å²) in [5.74, 6) is 1.09. The molecule has 0 aliphatic heterocycles. The number of hydrogen-bond donors (Lipinski definition) is 1. The van der Waals surface area contributed by atoms with Crippen LogP contribution in [0.3, 0.4) is 0 Å². The van der Waals surface area contributed by atoms with Crippen LogP contribution in [0.2, 0.25) is 0 Å². The van der Waals surface area contributed by atoms with Gasteiger partial charge in [-0.3, -0.25) is 4.68 Å². The van der Waals surface area contributed by atoms with Crippen LogP contribution in [0, 0.1) is 0 Å². The number of thioether (sulfide) groups is 1. The molecule has 5 heteroatoms. The molecular formula is C13H16BrN3S. The summed E-state index contributed by atoms with van der Waals surface area (Å²) < 4.78 is 2.86.